The van der Waals surface area contributed by atoms with E-state index in [1.54, 1.807) is 23.8 Å². The maximum atomic E-state index is 12.0. The van der Waals surface area contributed by atoms with Crippen LogP contribution in [0.25, 0.3) is 11.4 Å². The number of aromatic nitrogens is 3. The second-order valence-electron chi connectivity index (χ2n) is 10.6. The third kappa shape index (κ3) is 6.27. The number of hydrogen-bond donors (Lipinski definition) is 1. The van der Waals surface area contributed by atoms with E-state index in [4.69, 9.17) is 19.8 Å². The van der Waals surface area contributed by atoms with Gasteiger partial charge in [0.25, 0.3) is 5.91 Å². The molecule has 3 aromatic rings. The second kappa shape index (κ2) is 11.8. The first-order valence-electron chi connectivity index (χ1n) is 13.6. The lowest BCUT2D eigenvalue weighted by Crippen LogP contribution is -2.27. The van der Waals surface area contributed by atoms with Crippen molar-refractivity contribution in [2.45, 2.75) is 54.9 Å². The van der Waals surface area contributed by atoms with Crippen LogP contribution in [-0.2, 0) is 14.3 Å². The molecular weight excluding hydrogens is 506 g/mol. The Bertz CT molecular complexity index is 1460. The van der Waals surface area contributed by atoms with Gasteiger partial charge in [0.2, 0.25) is 5.82 Å². The summed E-state index contributed by atoms with van der Waals surface area (Å²) < 4.78 is 4.87. The average Bonchev–Trinajstić information content (AvgIpc) is 3.49. The summed E-state index contributed by atoms with van der Waals surface area (Å²) in [6.07, 6.45) is 0.222. The molecule has 2 aromatic carbocycles. The number of aryl methyl sites for hydroxylation is 1. The lowest BCUT2D eigenvalue weighted by Gasteiger charge is -2.22. The van der Waals surface area contributed by atoms with Crippen LogP contribution in [0.5, 0.6) is 0 Å². The van der Waals surface area contributed by atoms with Crippen molar-refractivity contribution in [1.29, 1.82) is 0 Å². The molecule has 0 saturated heterocycles. The number of rotatable bonds is 9. The van der Waals surface area contributed by atoms with Crippen LogP contribution < -0.4 is 10.2 Å². The largest absolute Gasteiger partial charge is 0.456 e. The maximum absolute atomic E-state index is 12.0. The minimum absolute atomic E-state index is 0.222. The van der Waals surface area contributed by atoms with Crippen LogP contribution in [0.3, 0.4) is 0 Å². The molecule has 0 spiro atoms. The fourth-order valence-corrected chi connectivity index (χ4v) is 4.32. The highest BCUT2D eigenvalue weighted by Crippen LogP contribution is 2.31. The Balaban J connectivity index is 1.60. The van der Waals surface area contributed by atoms with Crippen molar-refractivity contribution in [3.05, 3.63) is 53.9 Å². The zero-order valence-corrected chi connectivity index (χ0v) is 24.3. The summed E-state index contributed by atoms with van der Waals surface area (Å²) in [6.45, 7) is 15.9. The fraction of sp³-hybridized carbons (Fsp3) is 0.400. The highest BCUT2D eigenvalue weighted by atomic mass is 16.5. The summed E-state index contributed by atoms with van der Waals surface area (Å²) in [5.74, 6) is 0.264. The molecule has 0 atom stereocenters. The number of amides is 1. The highest BCUT2D eigenvalue weighted by Gasteiger charge is 2.35. The average molecular weight is 544 g/mol. The number of nitrogens with zero attached hydrogens (tertiary/aromatic N) is 6. The van der Waals surface area contributed by atoms with Gasteiger partial charge < -0.3 is 15.0 Å². The summed E-state index contributed by atoms with van der Waals surface area (Å²) >= 11 is 0. The molecule has 10 nitrogen and oxygen atoms in total. The van der Waals surface area contributed by atoms with E-state index in [1.807, 2.05) is 18.2 Å². The second-order valence-corrected chi connectivity index (χ2v) is 10.6. The maximum Gasteiger partial charge on any atom is 0.306 e. The predicted molar refractivity (Wildman–Crippen MR) is 159 cm³/mol. The van der Waals surface area contributed by atoms with Crippen LogP contribution in [0, 0.1) is 12.3 Å². The number of nitrogens with one attached hydrogen (secondary N) is 1. The van der Waals surface area contributed by atoms with Gasteiger partial charge in [-0.3, -0.25) is 9.59 Å². The molecule has 1 aromatic heterocycles. The number of ether oxygens (including phenoxy) is 1. The Morgan fingerprint density at radius 2 is 1.75 bits per heavy atom. The molecule has 210 valence electrons. The Hall–Kier alpha value is -4.34. The van der Waals surface area contributed by atoms with Gasteiger partial charge in [-0.25, -0.2) is 9.98 Å². The van der Waals surface area contributed by atoms with Crippen LogP contribution in [0.1, 0.15) is 59.4 Å². The molecule has 0 unspecified atom stereocenters. The van der Waals surface area contributed by atoms with E-state index >= 15 is 0 Å². The Kier molecular flexibility index (Phi) is 8.46. The van der Waals surface area contributed by atoms with Gasteiger partial charge in [0, 0.05) is 41.9 Å². The summed E-state index contributed by atoms with van der Waals surface area (Å²) in [5, 5.41) is 12.1. The van der Waals surface area contributed by atoms with E-state index < -0.39 is 11.9 Å². The number of fused-ring (bicyclic) bond motifs is 1. The molecule has 0 aliphatic carbocycles. The molecular formula is C30H37N7O3. The van der Waals surface area contributed by atoms with Gasteiger partial charge in [-0.2, -0.15) is 5.10 Å². The lowest BCUT2D eigenvalue weighted by atomic mass is 9.87. The molecule has 2 heterocycles. The minimum Gasteiger partial charge on any atom is -0.456 e. The number of carbonyl (C=O) groups is 2. The first-order chi connectivity index (χ1) is 19.0. The molecule has 1 aliphatic rings. The summed E-state index contributed by atoms with van der Waals surface area (Å²) in [6, 6.07) is 13.5. The van der Waals surface area contributed by atoms with Crippen molar-refractivity contribution < 1.29 is 14.3 Å². The summed E-state index contributed by atoms with van der Waals surface area (Å²) in [7, 11) is 0. The first kappa shape index (κ1) is 28.7. The van der Waals surface area contributed by atoms with E-state index in [0.29, 0.717) is 23.0 Å². The van der Waals surface area contributed by atoms with E-state index in [9.17, 15) is 9.59 Å². The summed E-state index contributed by atoms with van der Waals surface area (Å²) in [4.78, 5) is 37.0. The van der Waals surface area contributed by atoms with Gasteiger partial charge in [-0.15, -0.1) is 9.89 Å². The number of anilines is 2. The van der Waals surface area contributed by atoms with Crippen molar-refractivity contribution in [1.82, 2.24) is 14.9 Å². The van der Waals surface area contributed by atoms with Crippen LogP contribution >= 0.6 is 0 Å². The molecule has 0 fully saturated rings. The Labute approximate surface area is 235 Å². The number of aliphatic imine (C=N–C) groups is 1. The Morgan fingerprint density at radius 3 is 2.35 bits per heavy atom. The van der Waals surface area contributed by atoms with Crippen LogP contribution in [0.2, 0.25) is 0 Å². The van der Waals surface area contributed by atoms with Crippen LogP contribution in [-0.4, -0.2) is 57.9 Å². The first-order valence-corrected chi connectivity index (χ1v) is 13.6. The third-order valence-corrected chi connectivity index (χ3v) is 6.55. The third-order valence-electron chi connectivity index (χ3n) is 6.55. The predicted octanol–water partition coefficient (Wildman–Crippen LogP) is 5.38. The SMILES string of the molecule is CCC(=O)OCC(=O)Nc1ccc(-c2nc3n(n2)N=C(C(C)(C)C)/C3=N/c2ccc(N(CC)CC)cc2C)cc1. The molecule has 0 saturated carbocycles. The van der Waals surface area contributed by atoms with Crippen LogP contribution in [0.15, 0.2) is 52.6 Å². The van der Waals surface area contributed by atoms with Gasteiger partial charge in [-0.1, -0.05) is 27.7 Å². The molecule has 0 radical (unpaired) electrons. The van der Waals surface area contributed by atoms with Crippen molar-refractivity contribution in [3.63, 3.8) is 0 Å². The number of hydrogen-bond acceptors (Lipinski definition) is 8. The van der Waals surface area contributed by atoms with E-state index in [0.717, 1.165) is 35.6 Å². The van der Waals surface area contributed by atoms with E-state index in [-0.39, 0.29) is 18.4 Å². The number of esters is 1. The van der Waals surface area contributed by atoms with Crippen molar-refractivity contribution in [2.24, 2.45) is 15.5 Å². The van der Waals surface area contributed by atoms with Gasteiger partial charge in [0.1, 0.15) is 5.71 Å². The van der Waals surface area contributed by atoms with Gasteiger partial charge in [0.05, 0.1) is 11.4 Å². The quantitative estimate of drug-likeness (QED) is 0.363. The topological polar surface area (TPSA) is 114 Å². The van der Waals surface area contributed by atoms with Crippen LogP contribution in [0.4, 0.5) is 17.1 Å². The molecule has 0 bridgehead atoms. The van der Waals surface area contributed by atoms with Crippen molar-refractivity contribution in [3.8, 4) is 11.4 Å². The molecule has 1 aliphatic heterocycles. The fourth-order valence-electron chi connectivity index (χ4n) is 4.32. The summed E-state index contributed by atoms with van der Waals surface area (Å²) in [5.41, 5.74) is 5.72. The van der Waals surface area contributed by atoms with Gasteiger partial charge >= 0.3 is 5.97 Å². The molecule has 40 heavy (non-hydrogen) atoms. The number of benzene rings is 2. The molecule has 10 heteroatoms. The minimum atomic E-state index is -0.420. The van der Waals surface area contributed by atoms with E-state index in [2.05, 4.69) is 69.0 Å². The van der Waals surface area contributed by atoms with E-state index in [1.165, 1.54) is 5.69 Å². The van der Waals surface area contributed by atoms with Gasteiger partial charge in [0.15, 0.2) is 12.4 Å². The highest BCUT2D eigenvalue weighted by molar-refractivity contribution is 6.50. The lowest BCUT2D eigenvalue weighted by molar-refractivity contribution is -0.146. The molecule has 1 amide bonds. The smallest absolute Gasteiger partial charge is 0.306 e. The molecule has 4 rings (SSSR count). The molecule has 1 N–H and O–H groups in total. The van der Waals surface area contributed by atoms with Crippen molar-refractivity contribution >= 4 is 40.4 Å². The normalized spacial score (nSPS) is 13.7. The number of carbonyl (C=O) groups excluding carboxylic acids is 2. The van der Waals surface area contributed by atoms with Gasteiger partial charge in [-0.05, 0) is 68.8 Å². The monoisotopic (exact) mass is 543 g/mol. The zero-order valence-electron chi connectivity index (χ0n) is 24.3. The Morgan fingerprint density at radius 1 is 1.05 bits per heavy atom. The van der Waals surface area contributed by atoms with Crippen molar-refractivity contribution in [2.75, 3.05) is 29.9 Å². The zero-order chi connectivity index (χ0) is 29.0. The standard InChI is InChI=1S/C30H37N7O3/c1-8-25(39)40-18-24(38)31-21-13-11-20(12-14-21)28-33-29-26(27(30(5,6)7)34-37(29)35-28)32-23-16-15-22(17-19(23)4)36(9-2)10-3/h11-17H,8-10,18H2,1-7H3,(H,31,38)/b32-26-.